The van der Waals surface area contributed by atoms with E-state index in [0.717, 1.165) is 23.0 Å². The van der Waals surface area contributed by atoms with Crippen molar-refractivity contribution in [3.8, 4) is 0 Å². The first-order valence-electron chi connectivity index (χ1n) is 9.07. The van der Waals surface area contributed by atoms with E-state index in [2.05, 4.69) is 20.6 Å². The van der Waals surface area contributed by atoms with E-state index in [1.807, 2.05) is 43.5 Å². The lowest BCUT2D eigenvalue weighted by molar-refractivity contribution is -0.157. The summed E-state index contributed by atoms with van der Waals surface area (Å²) >= 11 is 1.45. The highest BCUT2D eigenvalue weighted by Crippen LogP contribution is 2.36. The van der Waals surface area contributed by atoms with Gasteiger partial charge in [0.1, 0.15) is 29.8 Å². The number of fused-ring (bicyclic) bond motifs is 1. The summed E-state index contributed by atoms with van der Waals surface area (Å²) in [6.07, 6.45) is -0.0266. The largest absolute Gasteiger partial charge is 0.388 e. The monoisotopic (exact) mass is 389 g/mol. The summed E-state index contributed by atoms with van der Waals surface area (Å²) in [4.78, 5) is 4.42. The number of nitrogens with zero attached hydrogens (tertiary/aromatic N) is 4. The zero-order chi connectivity index (χ0) is 18.8. The second kappa shape index (κ2) is 7.97. The normalized spacial score (nSPS) is 30.0. The minimum absolute atomic E-state index is 0.310. The number of rotatable bonds is 5. The number of aliphatic imine (C=N–C) groups is 1. The van der Waals surface area contributed by atoms with Crippen molar-refractivity contribution in [2.45, 2.75) is 49.7 Å². The van der Waals surface area contributed by atoms with Crippen LogP contribution in [0.5, 0.6) is 0 Å². The Balaban J connectivity index is 1.40. The molecule has 1 saturated heterocycles. The molecule has 5 atom stereocenters. The smallest absolute Gasteiger partial charge is 0.159 e. The predicted octanol–water partition coefficient (Wildman–Crippen LogP) is 0.396. The molecule has 0 aliphatic carbocycles. The van der Waals surface area contributed by atoms with Crippen LogP contribution < -0.4 is 5.32 Å². The minimum Gasteiger partial charge on any atom is -0.388 e. The Morgan fingerprint density at radius 2 is 2.04 bits per heavy atom. The van der Waals surface area contributed by atoms with Crippen LogP contribution in [-0.2, 0) is 17.7 Å². The van der Waals surface area contributed by atoms with E-state index in [9.17, 15) is 10.2 Å². The molecule has 0 unspecified atom stereocenters. The highest BCUT2D eigenvalue weighted by molar-refractivity contribution is 8.14. The molecule has 4 rings (SSSR count). The van der Waals surface area contributed by atoms with Gasteiger partial charge in [0.2, 0.25) is 0 Å². The fourth-order valence-electron chi connectivity index (χ4n) is 3.31. The van der Waals surface area contributed by atoms with Crippen LogP contribution >= 0.6 is 11.8 Å². The fraction of sp³-hybridized carbons (Fsp3) is 0.500. The lowest BCUT2D eigenvalue weighted by atomic mass is 9.98. The molecule has 0 amide bonds. The number of nitrogens with one attached hydrogen (secondary N) is 1. The summed E-state index contributed by atoms with van der Waals surface area (Å²) in [5.74, 6) is 0. The standard InChI is InChI=1S/C18H23N5O3S/c1-2-19-18-20-14-16(25)15(24)13(26-17(14)27-18)10-23-9-12(21-22-23)8-11-6-4-3-5-7-11/h3-7,9,13-17,24-25H,2,8,10H2,1H3,(H,19,20)/t13-,14-,15-,16-,17-/m1/s1. The third-order valence-electron chi connectivity index (χ3n) is 4.67. The Labute approximate surface area is 161 Å². The first kappa shape index (κ1) is 18.4. The van der Waals surface area contributed by atoms with Crippen LogP contribution in [0.1, 0.15) is 18.2 Å². The summed E-state index contributed by atoms with van der Waals surface area (Å²) in [6.45, 7) is 3.05. The number of hydrogen-bond acceptors (Lipinski definition) is 8. The van der Waals surface area contributed by atoms with Gasteiger partial charge in [-0.3, -0.25) is 4.99 Å². The molecular weight excluding hydrogens is 366 g/mol. The van der Waals surface area contributed by atoms with Gasteiger partial charge < -0.3 is 20.3 Å². The lowest BCUT2D eigenvalue weighted by Crippen LogP contribution is -2.55. The molecule has 8 nitrogen and oxygen atoms in total. The summed E-state index contributed by atoms with van der Waals surface area (Å²) in [5, 5.41) is 33.1. The van der Waals surface area contributed by atoms with Gasteiger partial charge in [0.25, 0.3) is 0 Å². The highest BCUT2D eigenvalue weighted by atomic mass is 32.2. The zero-order valence-corrected chi connectivity index (χ0v) is 15.8. The maximum absolute atomic E-state index is 10.5. The van der Waals surface area contributed by atoms with Crippen LogP contribution in [0.4, 0.5) is 0 Å². The average molecular weight is 389 g/mol. The summed E-state index contributed by atoms with van der Waals surface area (Å²) < 4.78 is 7.67. The molecular formula is C18H23N5O3S. The minimum atomic E-state index is -1.03. The predicted molar refractivity (Wildman–Crippen MR) is 102 cm³/mol. The van der Waals surface area contributed by atoms with Crippen molar-refractivity contribution >= 4 is 16.9 Å². The third-order valence-corrected chi connectivity index (χ3v) is 5.77. The van der Waals surface area contributed by atoms with Crippen LogP contribution in [0.15, 0.2) is 41.5 Å². The Bertz CT molecular complexity index is 799. The van der Waals surface area contributed by atoms with Gasteiger partial charge in [-0.25, -0.2) is 4.68 Å². The van der Waals surface area contributed by atoms with Crippen LogP contribution in [0.2, 0.25) is 0 Å². The van der Waals surface area contributed by atoms with Crippen molar-refractivity contribution in [1.29, 1.82) is 0 Å². The van der Waals surface area contributed by atoms with Gasteiger partial charge in [0.05, 0.1) is 12.2 Å². The number of aliphatic hydroxyl groups is 2. The molecule has 1 fully saturated rings. The van der Waals surface area contributed by atoms with Gasteiger partial charge in [-0.15, -0.1) is 5.10 Å². The van der Waals surface area contributed by atoms with Crippen molar-refractivity contribution in [1.82, 2.24) is 20.3 Å². The molecule has 0 radical (unpaired) electrons. The van der Waals surface area contributed by atoms with Crippen LogP contribution in [0, 0.1) is 0 Å². The Morgan fingerprint density at radius 3 is 2.81 bits per heavy atom. The summed E-state index contributed by atoms with van der Waals surface area (Å²) in [7, 11) is 0. The van der Waals surface area contributed by atoms with Gasteiger partial charge in [-0.1, -0.05) is 47.3 Å². The molecule has 3 N–H and O–H groups in total. The maximum atomic E-state index is 10.5. The summed E-state index contributed by atoms with van der Waals surface area (Å²) in [5.41, 5.74) is 1.69. The second-order valence-electron chi connectivity index (χ2n) is 6.69. The van der Waals surface area contributed by atoms with Crippen LogP contribution in [-0.4, -0.2) is 66.7 Å². The number of benzene rings is 1. The van der Waals surface area contributed by atoms with E-state index in [1.54, 1.807) is 4.68 Å². The van der Waals surface area contributed by atoms with E-state index >= 15 is 0 Å². The quantitative estimate of drug-likeness (QED) is 0.680. The first-order chi connectivity index (χ1) is 13.1. The number of aliphatic hydroxyl groups excluding tert-OH is 2. The van der Waals surface area contributed by atoms with E-state index in [0.29, 0.717) is 13.0 Å². The molecule has 144 valence electrons. The zero-order valence-electron chi connectivity index (χ0n) is 15.0. The molecule has 2 aliphatic rings. The van der Waals surface area contributed by atoms with Crippen LogP contribution in [0.25, 0.3) is 0 Å². The molecule has 3 heterocycles. The summed E-state index contributed by atoms with van der Waals surface area (Å²) in [6, 6.07) is 9.59. The molecule has 9 heteroatoms. The fourth-order valence-corrected chi connectivity index (χ4v) is 4.50. The van der Waals surface area contributed by atoms with E-state index in [1.165, 1.54) is 11.8 Å². The van der Waals surface area contributed by atoms with Crippen molar-refractivity contribution in [2.75, 3.05) is 6.54 Å². The SMILES string of the molecule is CCNC1=N[C@@H]2[C@@H](O)[C@H](O)[C@@H](Cn3cc(Cc4ccccc4)nn3)O[C@@H]2S1. The van der Waals surface area contributed by atoms with Crippen LogP contribution in [0.3, 0.4) is 0 Å². The molecule has 1 aromatic heterocycles. The maximum Gasteiger partial charge on any atom is 0.159 e. The molecule has 2 aromatic rings. The lowest BCUT2D eigenvalue weighted by Gasteiger charge is -2.38. The number of thioether (sulfide) groups is 1. The molecule has 1 aromatic carbocycles. The van der Waals surface area contributed by atoms with Gasteiger partial charge >= 0.3 is 0 Å². The van der Waals surface area contributed by atoms with E-state index < -0.39 is 24.4 Å². The van der Waals surface area contributed by atoms with Gasteiger partial charge in [0.15, 0.2) is 5.17 Å². The average Bonchev–Trinajstić information content (AvgIpc) is 3.27. The van der Waals surface area contributed by atoms with Crippen molar-refractivity contribution in [3.63, 3.8) is 0 Å². The Kier molecular flexibility index (Phi) is 5.44. The first-order valence-corrected chi connectivity index (χ1v) is 9.95. The Morgan fingerprint density at radius 1 is 1.22 bits per heavy atom. The molecule has 2 aliphatic heterocycles. The number of amidine groups is 1. The molecule has 0 spiro atoms. The second-order valence-corrected chi connectivity index (χ2v) is 7.78. The van der Waals surface area contributed by atoms with Crippen molar-refractivity contribution < 1.29 is 14.9 Å². The Hall–Kier alpha value is -1.94. The van der Waals surface area contributed by atoms with E-state index in [4.69, 9.17) is 4.74 Å². The number of hydrogen-bond donors (Lipinski definition) is 3. The third kappa shape index (κ3) is 4.01. The van der Waals surface area contributed by atoms with Crippen molar-refractivity contribution in [3.05, 3.63) is 47.8 Å². The highest BCUT2D eigenvalue weighted by Gasteiger charge is 2.48. The molecule has 27 heavy (non-hydrogen) atoms. The van der Waals surface area contributed by atoms with E-state index in [-0.39, 0.29) is 5.44 Å². The van der Waals surface area contributed by atoms with Crippen molar-refractivity contribution in [2.24, 2.45) is 4.99 Å². The number of ether oxygens (including phenoxy) is 1. The van der Waals surface area contributed by atoms with Gasteiger partial charge in [-0.05, 0) is 12.5 Å². The molecule has 0 saturated carbocycles. The molecule has 0 bridgehead atoms. The topological polar surface area (TPSA) is 105 Å². The van der Waals surface area contributed by atoms with Gasteiger partial charge in [0, 0.05) is 19.2 Å². The van der Waals surface area contributed by atoms with Gasteiger partial charge in [-0.2, -0.15) is 0 Å². The number of aromatic nitrogens is 3.